The highest BCUT2D eigenvalue weighted by molar-refractivity contribution is 5.85. The summed E-state index contributed by atoms with van der Waals surface area (Å²) in [5.74, 6) is -1.49. The Morgan fingerprint density at radius 1 is 1.60 bits per heavy atom. The SMILES string of the molecule is CC(CC#N)N(C)Cc1ccc(F)cc1C=CC(=O)O. The third kappa shape index (κ3) is 4.82. The molecule has 0 aromatic heterocycles. The van der Waals surface area contributed by atoms with E-state index in [9.17, 15) is 9.18 Å². The number of carboxylic acid groups (broad SMARTS) is 1. The summed E-state index contributed by atoms with van der Waals surface area (Å²) in [5, 5.41) is 17.3. The Kier molecular flexibility index (Phi) is 5.88. The lowest BCUT2D eigenvalue weighted by molar-refractivity contribution is -0.131. The lowest BCUT2D eigenvalue weighted by Crippen LogP contribution is -2.28. The van der Waals surface area contributed by atoms with E-state index >= 15 is 0 Å². The molecule has 1 atom stereocenters. The number of halogens is 1. The largest absolute Gasteiger partial charge is 0.478 e. The first kappa shape index (κ1) is 15.9. The minimum atomic E-state index is -1.08. The number of nitriles is 1. The van der Waals surface area contributed by atoms with Gasteiger partial charge in [0.15, 0.2) is 0 Å². The molecule has 0 heterocycles. The van der Waals surface area contributed by atoms with Gasteiger partial charge in [-0.15, -0.1) is 0 Å². The summed E-state index contributed by atoms with van der Waals surface area (Å²) in [5.41, 5.74) is 1.35. The van der Waals surface area contributed by atoms with Crippen LogP contribution >= 0.6 is 0 Å². The average Bonchev–Trinajstić information content (AvgIpc) is 2.39. The number of carboxylic acids is 1. The van der Waals surface area contributed by atoms with Crippen LogP contribution in [0.4, 0.5) is 4.39 Å². The first-order chi connectivity index (χ1) is 9.43. The van der Waals surface area contributed by atoms with Gasteiger partial charge >= 0.3 is 5.97 Å². The predicted octanol–water partition coefficient (Wildman–Crippen LogP) is 2.66. The average molecular weight is 276 g/mol. The number of hydrogen-bond acceptors (Lipinski definition) is 3. The topological polar surface area (TPSA) is 64.3 Å². The van der Waals surface area contributed by atoms with E-state index in [0.29, 0.717) is 18.5 Å². The van der Waals surface area contributed by atoms with Crippen LogP contribution in [0.3, 0.4) is 0 Å². The van der Waals surface area contributed by atoms with Crippen molar-refractivity contribution >= 4 is 12.0 Å². The molecule has 0 fully saturated rings. The van der Waals surface area contributed by atoms with E-state index in [1.807, 2.05) is 18.9 Å². The molecule has 0 saturated heterocycles. The molecule has 1 aromatic rings. The maximum atomic E-state index is 13.3. The molecule has 1 unspecified atom stereocenters. The van der Waals surface area contributed by atoms with Gasteiger partial charge in [-0.1, -0.05) is 6.07 Å². The van der Waals surface area contributed by atoms with Crippen LogP contribution in [0.1, 0.15) is 24.5 Å². The van der Waals surface area contributed by atoms with Crippen molar-refractivity contribution in [1.29, 1.82) is 5.26 Å². The van der Waals surface area contributed by atoms with E-state index in [1.165, 1.54) is 18.2 Å². The summed E-state index contributed by atoms with van der Waals surface area (Å²) in [6.07, 6.45) is 2.76. The van der Waals surface area contributed by atoms with Crippen LogP contribution in [0, 0.1) is 17.1 Å². The Hall–Kier alpha value is -2.19. The quantitative estimate of drug-likeness (QED) is 0.811. The van der Waals surface area contributed by atoms with Gasteiger partial charge in [0.05, 0.1) is 12.5 Å². The highest BCUT2D eigenvalue weighted by Crippen LogP contribution is 2.16. The van der Waals surface area contributed by atoms with Crippen molar-refractivity contribution in [2.45, 2.75) is 25.9 Å². The summed E-state index contributed by atoms with van der Waals surface area (Å²) >= 11 is 0. The third-order valence-corrected chi connectivity index (χ3v) is 3.07. The van der Waals surface area contributed by atoms with Gasteiger partial charge in [-0.2, -0.15) is 5.26 Å². The van der Waals surface area contributed by atoms with Crippen LogP contribution in [-0.4, -0.2) is 29.1 Å². The fourth-order valence-electron chi connectivity index (χ4n) is 1.74. The molecule has 106 valence electrons. The second-order valence-corrected chi connectivity index (χ2v) is 4.64. The van der Waals surface area contributed by atoms with Gasteiger partial charge in [-0.25, -0.2) is 9.18 Å². The van der Waals surface area contributed by atoms with E-state index < -0.39 is 11.8 Å². The molecule has 0 amide bonds. The van der Waals surface area contributed by atoms with Crippen molar-refractivity contribution in [3.8, 4) is 6.07 Å². The number of carbonyl (C=O) groups is 1. The molecule has 0 bridgehead atoms. The van der Waals surface area contributed by atoms with Crippen molar-refractivity contribution in [2.75, 3.05) is 7.05 Å². The molecule has 5 heteroatoms. The van der Waals surface area contributed by atoms with Crippen molar-refractivity contribution in [3.63, 3.8) is 0 Å². The standard InChI is InChI=1S/C15H17FN2O2/c1-11(7-8-17)18(2)10-13-3-5-14(16)9-12(13)4-6-15(19)20/h3-6,9,11H,7,10H2,1-2H3,(H,19,20). The molecule has 0 aliphatic rings. The third-order valence-electron chi connectivity index (χ3n) is 3.07. The van der Waals surface area contributed by atoms with E-state index in [1.54, 1.807) is 6.07 Å². The van der Waals surface area contributed by atoms with Crippen LogP contribution in [0.5, 0.6) is 0 Å². The number of rotatable bonds is 6. The fourth-order valence-corrected chi connectivity index (χ4v) is 1.74. The zero-order valence-electron chi connectivity index (χ0n) is 11.5. The smallest absolute Gasteiger partial charge is 0.328 e. The number of nitrogens with zero attached hydrogens (tertiary/aromatic N) is 2. The lowest BCUT2D eigenvalue weighted by Gasteiger charge is -2.23. The normalized spacial score (nSPS) is 12.6. The van der Waals surface area contributed by atoms with E-state index in [-0.39, 0.29) is 6.04 Å². The second-order valence-electron chi connectivity index (χ2n) is 4.64. The van der Waals surface area contributed by atoms with E-state index in [0.717, 1.165) is 11.6 Å². The van der Waals surface area contributed by atoms with Crippen LogP contribution in [0.25, 0.3) is 6.08 Å². The van der Waals surface area contributed by atoms with Crippen LogP contribution in [0.2, 0.25) is 0 Å². The highest BCUT2D eigenvalue weighted by Gasteiger charge is 2.11. The van der Waals surface area contributed by atoms with Gasteiger partial charge in [0.25, 0.3) is 0 Å². The molecule has 4 nitrogen and oxygen atoms in total. The lowest BCUT2D eigenvalue weighted by atomic mass is 10.1. The van der Waals surface area contributed by atoms with Crippen molar-refractivity contribution in [2.24, 2.45) is 0 Å². The maximum absolute atomic E-state index is 13.3. The molecular weight excluding hydrogens is 259 g/mol. The summed E-state index contributed by atoms with van der Waals surface area (Å²) in [7, 11) is 1.87. The van der Waals surface area contributed by atoms with E-state index in [2.05, 4.69) is 6.07 Å². The second kappa shape index (κ2) is 7.41. The summed E-state index contributed by atoms with van der Waals surface area (Å²) in [6, 6.07) is 6.45. The molecule has 1 rings (SSSR count). The molecule has 1 N–H and O–H groups in total. The molecule has 1 aromatic carbocycles. The summed E-state index contributed by atoms with van der Waals surface area (Å²) in [6.45, 7) is 2.45. The van der Waals surface area contributed by atoms with Gasteiger partial charge in [-0.05, 0) is 43.3 Å². The van der Waals surface area contributed by atoms with Crippen LogP contribution in [-0.2, 0) is 11.3 Å². The zero-order valence-corrected chi connectivity index (χ0v) is 11.5. The highest BCUT2D eigenvalue weighted by atomic mass is 19.1. The van der Waals surface area contributed by atoms with Gasteiger partial charge in [0, 0.05) is 18.7 Å². The van der Waals surface area contributed by atoms with Gasteiger partial charge in [0.2, 0.25) is 0 Å². The molecule has 0 radical (unpaired) electrons. The van der Waals surface area contributed by atoms with Crippen LogP contribution < -0.4 is 0 Å². The molecule has 0 spiro atoms. The summed E-state index contributed by atoms with van der Waals surface area (Å²) in [4.78, 5) is 12.5. The minimum Gasteiger partial charge on any atom is -0.478 e. The maximum Gasteiger partial charge on any atom is 0.328 e. The predicted molar refractivity (Wildman–Crippen MR) is 74.2 cm³/mol. The Morgan fingerprint density at radius 2 is 2.30 bits per heavy atom. The molecule has 0 saturated carbocycles. The molecule has 0 aliphatic carbocycles. The van der Waals surface area contributed by atoms with Crippen LogP contribution in [0.15, 0.2) is 24.3 Å². The Morgan fingerprint density at radius 3 is 2.90 bits per heavy atom. The van der Waals surface area contributed by atoms with Gasteiger partial charge in [-0.3, -0.25) is 4.90 Å². The van der Waals surface area contributed by atoms with Crippen molar-refractivity contribution in [3.05, 3.63) is 41.2 Å². The summed E-state index contributed by atoms with van der Waals surface area (Å²) < 4.78 is 13.3. The molecule has 0 aliphatic heterocycles. The first-order valence-electron chi connectivity index (χ1n) is 6.20. The fraction of sp³-hybridized carbons (Fsp3) is 0.333. The number of hydrogen-bond donors (Lipinski definition) is 1. The molecular formula is C15H17FN2O2. The molecule has 20 heavy (non-hydrogen) atoms. The van der Waals surface area contributed by atoms with Gasteiger partial charge < -0.3 is 5.11 Å². The van der Waals surface area contributed by atoms with Gasteiger partial charge in [0.1, 0.15) is 5.82 Å². The van der Waals surface area contributed by atoms with Crippen molar-refractivity contribution in [1.82, 2.24) is 4.90 Å². The minimum absolute atomic E-state index is 0.0707. The first-order valence-corrected chi connectivity index (χ1v) is 6.20. The number of aliphatic carboxylic acids is 1. The monoisotopic (exact) mass is 276 g/mol. The number of benzene rings is 1. The zero-order chi connectivity index (χ0) is 15.1. The Bertz CT molecular complexity index is 549. The van der Waals surface area contributed by atoms with Crippen molar-refractivity contribution < 1.29 is 14.3 Å². The Labute approximate surface area is 117 Å². The Balaban J connectivity index is 2.94. The van der Waals surface area contributed by atoms with E-state index in [4.69, 9.17) is 10.4 Å².